The van der Waals surface area contributed by atoms with E-state index in [4.69, 9.17) is 9.47 Å². The van der Waals surface area contributed by atoms with E-state index >= 15 is 0 Å². The Morgan fingerprint density at radius 2 is 1.25 bits per heavy atom. The first-order chi connectivity index (χ1) is 10.6. The van der Waals surface area contributed by atoms with Crippen molar-refractivity contribution >= 4 is 0 Å². The zero-order chi connectivity index (χ0) is 15.5. The maximum Gasteiger partial charge on any atom is 0.0535 e. The number of likely N-dealkylation sites (tertiary alicyclic amines) is 2. The van der Waals surface area contributed by atoms with Crippen LogP contribution in [0.5, 0.6) is 0 Å². The van der Waals surface area contributed by atoms with Gasteiger partial charge in [-0.3, -0.25) is 0 Å². The molecule has 0 aromatic carbocycles. The van der Waals surface area contributed by atoms with Crippen LogP contribution in [-0.4, -0.2) is 76.5 Å². The molecule has 4 heterocycles. The Labute approximate surface area is 150 Å². The van der Waals surface area contributed by atoms with E-state index in [0.717, 1.165) is 26.4 Å². The van der Waals surface area contributed by atoms with Crippen LogP contribution in [0.2, 0.25) is 0 Å². The van der Waals surface area contributed by atoms with E-state index in [0.29, 0.717) is 10.8 Å². The van der Waals surface area contributed by atoms with E-state index in [2.05, 4.69) is 23.9 Å². The lowest BCUT2D eigenvalue weighted by Gasteiger charge is -2.37. The molecule has 2 spiro atoms. The molecule has 4 fully saturated rings. The minimum atomic E-state index is 0. The topological polar surface area (TPSA) is 24.9 Å². The molecule has 0 aromatic heterocycles. The zero-order valence-electron chi connectivity index (χ0n) is 14.6. The Balaban J connectivity index is 0.000000222. The lowest BCUT2D eigenvalue weighted by atomic mass is 9.78. The third-order valence-corrected chi connectivity index (χ3v) is 6.27. The van der Waals surface area contributed by atoms with Gasteiger partial charge in [-0.2, -0.15) is 0 Å². The molecule has 4 rings (SSSR count). The van der Waals surface area contributed by atoms with E-state index in [1.54, 1.807) is 0 Å². The monoisotopic (exact) mass is 342 g/mol. The van der Waals surface area contributed by atoms with Crippen molar-refractivity contribution in [3.8, 4) is 0 Å². The lowest BCUT2D eigenvalue weighted by molar-refractivity contribution is 0.0825. The maximum atomic E-state index is 5.46. The summed E-state index contributed by atoms with van der Waals surface area (Å²) in [6.07, 6.45) is 8.04. The molecule has 0 N–H and O–H groups in total. The maximum absolute atomic E-state index is 5.46. The number of nitrogens with zero attached hydrogens (tertiary/aromatic N) is 2. The first-order valence-electron chi connectivity index (χ1n) is 9.14. The predicted molar refractivity (Wildman–Crippen MR) is 103 cm³/mol. The van der Waals surface area contributed by atoms with Crippen LogP contribution in [0.25, 0.3) is 0 Å². The highest BCUT2D eigenvalue weighted by atomic mass is 16.5. The zero-order valence-corrected chi connectivity index (χ0v) is 14.6. The lowest BCUT2D eigenvalue weighted by Crippen LogP contribution is -2.41. The molecule has 0 saturated carbocycles. The summed E-state index contributed by atoms with van der Waals surface area (Å²) in [5.41, 5.74) is 1.14. The highest BCUT2D eigenvalue weighted by Gasteiger charge is 2.38. The Bertz CT molecular complexity index is 340. The van der Waals surface area contributed by atoms with Gasteiger partial charge in [-0.15, -0.1) is 0 Å². The normalized spacial score (nSPS) is 32.8. The average molecular weight is 343 g/mol. The summed E-state index contributed by atoms with van der Waals surface area (Å²) in [7, 11) is 4.43. The second-order valence-electron chi connectivity index (χ2n) is 8.25. The third kappa shape index (κ3) is 5.42. The Morgan fingerprint density at radius 1 is 0.667 bits per heavy atom. The van der Waals surface area contributed by atoms with Crippen LogP contribution in [0.3, 0.4) is 0 Å². The van der Waals surface area contributed by atoms with Gasteiger partial charge < -0.3 is 19.3 Å². The van der Waals surface area contributed by atoms with Gasteiger partial charge in [0.2, 0.25) is 0 Å². The molecule has 0 radical (unpaired) electrons. The average Bonchev–Trinajstić information content (AvgIpc) is 3.14. The predicted octanol–water partition coefficient (Wildman–Crippen LogP) is 3.51. The minimum absolute atomic E-state index is 0. The number of rotatable bonds is 0. The van der Waals surface area contributed by atoms with Gasteiger partial charge in [0.25, 0.3) is 0 Å². The van der Waals surface area contributed by atoms with E-state index in [-0.39, 0.29) is 14.9 Å². The summed E-state index contributed by atoms with van der Waals surface area (Å²) >= 11 is 0. The SMILES string of the molecule is C.C.CN1CCC2(CCOC2)CC1.CN1CCCC2(CCOC2)C1. The summed E-state index contributed by atoms with van der Waals surface area (Å²) in [6, 6.07) is 0. The summed E-state index contributed by atoms with van der Waals surface area (Å²) in [5.74, 6) is 0. The van der Waals surface area contributed by atoms with Gasteiger partial charge in [-0.25, -0.2) is 0 Å². The van der Waals surface area contributed by atoms with Crippen molar-refractivity contribution in [2.24, 2.45) is 10.8 Å². The Morgan fingerprint density at radius 3 is 1.75 bits per heavy atom. The van der Waals surface area contributed by atoms with E-state index < -0.39 is 0 Å². The molecule has 144 valence electrons. The van der Waals surface area contributed by atoms with Crippen LogP contribution in [-0.2, 0) is 9.47 Å². The highest BCUT2D eigenvalue weighted by Crippen LogP contribution is 2.38. The standard InChI is InChI=1S/2C9H17NO.2CH4/c1-10-5-2-9(3-6-10)4-7-11-8-9;1-10-5-2-3-9(7-10)4-6-11-8-9;;/h2*2-8H2,1H3;2*1H4. The van der Waals surface area contributed by atoms with Crippen molar-refractivity contribution in [3.63, 3.8) is 0 Å². The van der Waals surface area contributed by atoms with Crippen molar-refractivity contribution in [2.75, 3.05) is 66.7 Å². The summed E-state index contributed by atoms with van der Waals surface area (Å²) in [6.45, 7) is 9.11. The molecule has 24 heavy (non-hydrogen) atoms. The molecule has 1 atom stereocenters. The summed E-state index contributed by atoms with van der Waals surface area (Å²) in [4.78, 5) is 4.86. The van der Waals surface area contributed by atoms with Gasteiger partial charge in [-0.1, -0.05) is 14.9 Å². The van der Waals surface area contributed by atoms with Crippen LogP contribution >= 0.6 is 0 Å². The van der Waals surface area contributed by atoms with Crippen molar-refractivity contribution in [1.82, 2.24) is 9.80 Å². The third-order valence-electron chi connectivity index (χ3n) is 6.27. The van der Waals surface area contributed by atoms with Crippen molar-refractivity contribution in [1.29, 1.82) is 0 Å². The van der Waals surface area contributed by atoms with E-state index in [1.165, 1.54) is 64.7 Å². The van der Waals surface area contributed by atoms with Crippen LogP contribution in [0.15, 0.2) is 0 Å². The Kier molecular flexibility index (Phi) is 8.67. The van der Waals surface area contributed by atoms with E-state index in [1.807, 2.05) is 0 Å². The second kappa shape index (κ2) is 9.51. The van der Waals surface area contributed by atoms with Crippen molar-refractivity contribution < 1.29 is 9.47 Å². The molecule has 4 aliphatic rings. The van der Waals surface area contributed by atoms with Crippen molar-refractivity contribution in [2.45, 2.75) is 53.4 Å². The molecule has 1 unspecified atom stereocenters. The Hall–Kier alpha value is -0.160. The van der Waals surface area contributed by atoms with Gasteiger partial charge in [0, 0.05) is 25.2 Å². The first kappa shape index (κ1) is 21.9. The smallest absolute Gasteiger partial charge is 0.0535 e. The molecule has 4 heteroatoms. The molecular weight excluding hydrogens is 300 g/mol. The van der Waals surface area contributed by atoms with Crippen LogP contribution in [0.4, 0.5) is 0 Å². The number of ether oxygens (including phenoxy) is 2. The number of piperidine rings is 2. The van der Waals surface area contributed by atoms with Gasteiger partial charge in [-0.05, 0) is 77.7 Å². The summed E-state index contributed by atoms with van der Waals surface area (Å²) < 4.78 is 10.9. The largest absolute Gasteiger partial charge is 0.381 e. The fourth-order valence-corrected chi connectivity index (χ4v) is 4.56. The molecule has 0 bridgehead atoms. The van der Waals surface area contributed by atoms with Crippen LogP contribution in [0.1, 0.15) is 53.4 Å². The molecule has 0 amide bonds. The van der Waals surface area contributed by atoms with Gasteiger partial charge in [0.05, 0.1) is 13.2 Å². The van der Waals surface area contributed by atoms with E-state index in [9.17, 15) is 0 Å². The quantitative estimate of drug-likeness (QED) is 0.672. The molecular formula is C20H42N2O2. The highest BCUT2D eigenvalue weighted by molar-refractivity contribution is 4.89. The van der Waals surface area contributed by atoms with Gasteiger partial charge >= 0.3 is 0 Å². The number of hydrogen-bond donors (Lipinski definition) is 0. The van der Waals surface area contributed by atoms with Gasteiger partial charge in [0.1, 0.15) is 0 Å². The fourth-order valence-electron chi connectivity index (χ4n) is 4.56. The number of hydrogen-bond acceptors (Lipinski definition) is 4. The molecule has 4 saturated heterocycles. The van der Waals surface area contributed by atoms with Gasteiger partial charge in [0.15, 0.2) is 0 Å². The molecule has 0 aliphatic carbocycles. The minimum Gasteiger partial charge on any atom is -0.381 e. The first-order valence-corrected chi connectivity index (χ1v) is 9.14. The van der Waals surface area contributed by atoms with Crippen LogP contribution < -0.4 is 0 Å². The second-order valence-corrected chi connectivity index (χ2v) is 8.25. The molecule has 0 aromatic rings. The molecule has 4 nitrogen and oxygen atoms in total. The van der Waals surface area contributed by atoms with Crippen molar-refractivity contribution in [3.05, 3.63) is 0 Å². The molecule has 4 aliphatic heterocycles. The fraction of sp³-hybridized carbons (Fsp3) is 1.00. The van der Waals surface area contributed by atoms with Crippen LogP contribution in [0, 0.1) is 10.8 Å². The summed E-state index contributed by atoms with van der Waals surface area (Å²) in [5, 5.41) is 0.